The molecule has 1 amide bonds. The van der Waals surface area contributed by atoms with Crippen molar-refractivity contribution in [2.24, 2.45) is 0 Å². The molecule has 0 saturated heterocycles. The number of rotatable bonds is 4. The van der Waals surface area contributed by atoms with E-state index in [9.17, 15) is 9.59 Å². The van der Waals surface area contributed by atoms with Crippen LogP contribution in [0.4, 0.5) is 5.69 Å². The molecule has 3 rings (SSSR count). The molecule has 0 aliphatic heterocycles. The van der Waals surface area contributed by atoms with Crippen LogP contribution in [0.5, 0.6) is 0 Å². The van der Waals surface area contributed by atoms with Gasteiger partial charge in [0.15, 0.2) is 0 Å². The Morgan fingerprint density at radius 1 is 1.15 bits per heavy atom. The Kier molecular flexibility index (Phi) is 5.14. The fourth-order valence-electron chi connectivity index (χ4n) is 2.43. The average Bonchev–Trinajstić information content (AvgIpc) is 2.60. The second kappa shape index (κ2) is 7.49. The van der Waals surface area contributed by atoms with Gasteiger partial charge in [0.1, 0.15) is 6.54 Å². The highest BCUT2D eigenvalue weighted by Crippen LogP contribution is 2.18. The van der Waals surface area contributed by atoms with Gasteiger partial charge >= 0.3 is 5.69 Å². The first-order valence-electron chi connectivity index (χ1n) is 7.99. The van der Waals surface area contributed by atoms with Crippen molar-refractivity contribution in [3.63, 3.8) is 0 Å². The standard InChI is InChI=1S/C19H17ClN4O2/c1-12-3-4-13(2)16(9-12)22-18(25)11-24-19(26)23-17(10-21-24)14-5-7-15(20)8-6-14/h3-10H,11H2,1-2H3,(H,22,25). The number of carbonyl (C=O) groups excluding carboxylic acids is 1. The first kappa shape index (κ1) is 17.8. The van der Waals surface area contributed by atoms with Crippen LogP contribution in [0.2, 0.25) is 5.02 Å². The highest BCUT2D eigenvalue weighted by Gasteiger charge is 2.10. The SMILES string of the molecule is Cc1ccc(C)c(NC(=O)Cn2ncc(-c3ccc(Cl)cc3)nc2=O)c1. The zero-order chi connectivity index (χ0) is 18.7. The Hall–Kier alpha value is -2.99. The molecule has 0 atom stereocenters. The third-order valence-corrected chi connectivity index (χ3v) is 4.11. The highest BCUT2D eigenvalue weighted by atomic mass is 35.5. The molecule has 0 bridgehead atoms. The Balaban J connectivity index is 1.75. The molecule has 1 aromatic heterocycles. The van der Waals surface area contributed by atoms with E-state index in [-0.39, 0.29) is 12.5 Å². The topological polar surface area (TPSA) is 76.9 Å². The number of amides is 1. The van der Waals surface area contributed by atoms with Crippen molar-refractivity contribution in [2.45, 2.75) is 20.4 Å². The molecule has 26 heavy (non-hydrogen) atoms. The lowest BCUT2D eigenvalue weighted by Gasteiger charge is -2.10. The predicted octanol–water partition coefficient (Wildman–Crippen LogP) is 3.21. The average molecular weight is 369 g/mol. The second-order valence-corrected chi connectivity index (χ2v) is 6.39. The van der Waals surface area contributed by atoms with Crippen molar-refractivity contribution in [2.75, 3.05) is 5.32 Å². The normalized spacial score (nSPS) is 10.6. The molecule has 1 heterocycles. The zero-order valence-electron chi connectivity index (χ0n) is 14.4. The van der Waals surface area contributed by atoms with Crippen LogP contribution in [0.1, 0.15) is 11.1 Å². The lowest BCUT2D eigenvalue weighted by Crippen LogP contribution is -2.31. The van der Waals surface area contributed by atoms with Gasteiger partial charge in [0.2, 0.25) is 5.91 Å². The molecule has 0 aliphatic carbocycles. The van der Waals surface area contributed by atoms with E-state index < -0.39 is 5.69 Å². The molecule has 7 heteroatoms. The maximum atomic E-state index is 12.2. The van der Waals surface area contributed by atoms with Crippen molar-refractivity contribution >= 4 is 23.2 Å². The summed E-state index contributed by atoms with van der Waals surface area (Å²) in [4.78, 5) is 28.4. The first-order chi connectivity index (χ1) is 12.4. The number of anilines is 1. The van der Waals surface area contributed by atoms with E-state index >= 15 is 0 Å². The summed E-state index contributed by atoms with van der Waals surface area (Å²) in [5, 5.41) is 7.44. The van der Waals surface area contributed by atoms with Crippen LogP contribution in [0.3, 0.4) is 0 Å². The van der Waals surface area contributed by atoms with Gasteiger partial charge in [-0.25, -0.2) is 9.48 Å². The summed E-state index contributed by atoms with van der Waals surface area (Å²) in [6, 6.07) is 12.7. The summed E-state index contributed by atoms with van der Waals surface area (Å²) < 4.78 is 1.03. The van der Waals surface area contributed by atoms with Crippen LogP contribution in [-0.2, 0) is 11.3 Å². The molecule has 0 fully saturated rings. The van der Waals surface area contributed by atoms with Gasteiger partial charge in [-0.15, -0.1) is 0 Å². The Morgan fingerprint density at radius 2 is 1.88 bits per heavy atom. The van der Waals surface area contributed by atoms with Crippen LogP contribution in [0.25, 0.3) is 11.3 Å². The minimum absolute atomic E-state index is 0.208. The highest BCUT2D eigenvalue weighted by molar-refractivity contribution is 6.30. The summed E-state index contributed by atoms with van der Waals surface area (Å²) in [5.41, 5.74) is 3.27. The van der Waals surface area contributed by atoms with Crippen LogP contribution in [-0.4, -0.2) is 20.7 Å². The monoisotopic (exact) mass is 368 g/mol. The Labute approximate surface area is 155 Å². The number of hydrogen-bond donors (Lipinski definition) is 1. The van der Waals surface area contributed by atoms with E-state index in [1.54, 1.807) is 24.3 Å². The third kappa shape index (κ3) is 4.15. The van der Waals surface area contributed by atoms with Crippen molar-refractivity contribution in [3.05, 3.63) is 75.3 Å². The van der Waals surface area contributed by atoms with Crippen molar-refractivity contribution in [1.29, 1.82) is 0 Å². The smallest absolute Gasteiger partial charge is 0.324 e. The number of halogens is 1. The maximum absolute atomic E-state index is 12.2. The molecule has 132 valence electrons. The van der Waals surface area contributed by atoms with Gasteiger partial charge in [-0.3, -0.25) is 4.79 Å². The minimum atomic E-state index is -0.589. The molecule has 2 aromatic carbocycles. The predicted molar refractivity (Wildman–Crippen MR) is 101 cm³/mol. The van der Waals surface area contributed by atoms with Crippen molar-refractivity contribution in [3.8, 4) is 11.3 Å². The first-order valence-corrected chi connectivity index (χ1v) is 8.37. The van der Waals surface area contributed by atoms with Crippen molar-refractivity contribution in [1.82, 2.24) is 14.8 Å². The summed E-state index contributed by atoms with van der Waals surface area (Å²) in [6.45, 7) is 3.64. The number of nitrogens with zero attached hydrogens (tertiary/aromatic N) is 3. The number of carbonyl (C=O) groups is 1. The molecule has 6 nitrogen and oxygen atoms in total. The number of aryl methyl sites for hydroxylation is 2. The summed E-state index contributed by atoms with van der Waals surface area (Å²) in [5.74, 6) is -0.339. The lowest BCUT2D eigenvalue weighted by molar-refractivity contribution is -0.117. The Bertz CT molecular complexity index is 1010. The van der Waals surface area contributed by atoms with Crippen LogP contribution in [0, 0.1) is 13.8 Å². The van der Waals surface area contributed by atoms with E-state index in [0.29, 0.717) is 16.4 Å². The summed E-state index contributed by atoms with van der Waals surface area (Å²) in [6.07, 6.45) is 1.45. The van der Waals surface area contributed by atoms with Gasteiger partial charge in [-0.05, 0) is 43.2 Å². The van der Waals surface area contributed by atoms with Crippen LogP contribution < -0.4 is 11.0 Å². The summed E-state index contributed by atoms with van der Waals surface area (Å²) in [7, 11) is 0. The zero-order valence-corrected chi connectivity index (χ0v) is 15.1. The van der Waals surface area contributed by atoms with E-state index in [1.807, 2.05) is 32.0 Å². The largest absolute Gasteiger partial charge is 0.365 e. The molecule has 0 radical (unpaired) electrons. The van der Waals surface area contributed by atoms with Crippen LogP contribution in [0.15, 0.2) is 53.5 Å². The molecular formula is C19H17ClN4O2. The Morgan fingerprint density at radius 3 is 2.58 bits per heavy atom. The fourth-order valence-corrected chi connectivity index (χ4v) is 2.55. The second-order valence-electron chi connectivity index (χ2n) is 5.96. The third-order valence-electron chi connectivity index (χ3n) is 3.86. The molecular weight excluding hydrogens is 352 g/mol. The number of benzene rings is 2. The molecule has 0 unspecified atom stereocenters. The molecule has 3 aromatic rings. The number of hydrogen-bond acceptors (Lipinski definition) is 4. The molecule has 0 aliphatic rings. The van der Waals surface area contributed by atoms with Gasteiger partial charge in [0.05, 0.1) is 11.9 Å². The lowest BCUT2D eigenvalue weighted by atomic mass is 10.1. The van der Waals surface area contributed by atoms with Crippen molar-refractivity contribution < 1.29 is 4.79 Å². The van der Waals surface area contributed by atoms with Gasteiger partial charge in [-0.1, -0.05) is 35.9 Å². The van der Waals surface area contributed by atoms with Gasteiger partial charge in [0.25, 0.3) is 0 Å². The minimum Gasteiger partial charge on any atom is -0.324 e. The van der Waals surface area contributed by atoms with Gasteiger partial charge in [0, 0.05) is 16.3 Å². The van der Waals surface area contributed by atoms with Gasteiger partial charge in [-0.2, -0.15) is 10.1 Å². The quantitative estimate of drug-likeness (QED) is 0.767. The van der Waals surface area contributed by atoms with E-state index in [4.69, 9.17) is 11.6 Å². The molecule has 0 spiro atoms. The number of nitrogens with one attached hydrogen (secondary N) is 1. The van der Waals surface area contributed by atoms with E-state index in [0.717, 1.165) is 21.4 Å². The summed E-state index contributed by atoms with van der Waals surface area (Å²) >= 11 is 5.85. The fraction of sp³-hybridized carbons (Fsp3) is 0.158. The number of aromatic nitrogens is 3. The van der Waals surface area contributed by atoms with E-state index in [1.165, 1.54) is 6.20 Å². The van der Waals surface area contributed by atoms with E-state index in [2.05, 4.69) is 15.4 Å². The maximum Gasteiger partial charge on any atom is 0.365 e. The van der Waals surface area contributed by atoms with Gasteiger partial charge < -0.3 is 5.32 Å². The van der Waals surface area contributed by atoms with Crippen LogP contribution >= 0.6 is 11.6 Å². The molecule has 1 N–H and O–H groups in total. The molecule has 0 saturated carbocycles.